The second-order valence-electron chi connectivity index (χ2n) is 4.77. The van der Waals surface area contributed by atoms with Crippen LogP contribution in [-0.2, 0) is 6.54 Å². The monoisotopic (exact) mass is 272 g/mol. The van der Waals surface area contributed by atoms with Gasteiger partial charge in [0.05, 0.1) is 0 Å². The van der Waals surface area contributed by atoms with Gasteiger partial charge in [-0.2, -0.15) is 0 Å². The molecule has 0 saturated heterocycles. The van der Waals surface area contributed by atoms with Crippen molar-refractivity contribution in [1.29, 1.82) is 0 Å². The summed E-state index contributed by atoms with van der Waals surface area (Å²) in [6.07, 6.45) is 1.85. The first-order valence-corrected chi connectivity index (χ1v) is 6.40. The molecule has 0 aliphatic heterocycles. The van der Waals surface area contributed by atoms with Gasteiger partial charge in [-0.3, -0.25) is 0 Å². The molecule has 0 unspecified atom stereocenters. The number of fused-ring (bicyclic) bond motifs is 1. The first-order valence-electron chi connectivity index (χ1n) is 6.40. The van der Waals surface area contributed by atoms with Gasteiger partial charge >= 0.3 is 0 Å². The molecule has 4 heteroatoms. The van der Waals surface area contributed by atoms with Crippen molar-refractivity contribution in [3.63, 3.8) is 0 Å². The fourth-order valence-electron chi connectivity index (χ4n) is 2.28. The molecule has 20 heavy (non-hydrogen) atoms. The summed E-state index contributed by atoms with van der Waals surface area (Å²) < 4.78 is 27.6. The molecular weight excluding hydrogens is 258 g/mol. The zero-order valence-corrected chi connectivity index (χ0v) is 11.0. The average molecular weight is 272 g/mol. The molecular formula is C16H14F2N2. The smallest absolute Gasteiger partial charge is 0.152 e. The highest BCUT2D eigenvalue weighted by atomic mass is 19.1. The summed E-state index contributed by atoms with van der Waals surface area (Å²) in [5.41, 5.74) is 2.33. The molecule has 0 amide bonds. The molecule has 1 heterocycles. The quantitative estimate of drug-likeness (QED) is 0.728. The molecule has 0 aliphatic carbocycles. The molecule has 1 aromatic heterocycles. The van der Waals surface area contributed by atoms with E-state index >= 15 is 0 Å². The van der Waals surface area contributed by atoms with Crippen LogP contribution in [0, 0.1) is 18.6 Å². The van der Waals surface area contributed by atoms with E-state index in [1.165, 1.54) is 12.1 Å². The standard InChI is InChI=1S/C16H14F2N2/c1-10-6-7-13(17)16(15(10)18)20-9-11-8-19-14-5-3-2-4-12(11)14/h2-8,19-20H,9H2,1H3. The van der Waals surface area contributed by atoms with E-state index < -0.39 is 11.6 Å². The maximum Gasteiger partial charge on any atom is 0.152 e. The van der Waals surface area contributed by atoms with E-state index in [2.05, 4.69) is 10.3 Å². The van der Waals surface area contributed by atoms with E-state index in [1.54, 1.807) is 6.92 Å². The van der Waals surface area contributed by atoms with Crippen LogP contribution in [0.15, 0.2) is 42.6 Å². The van der Waals surface area contributed by atoms with Crippen molar-refractivity contribution >= 4 is 16.6 Å². The van der Waals surface area contributed by atoms with Gasteiger partial charge in [-0.15, -0.1) is 0 Å². The number of hydrogen-bond acceptors (Lipinski definition) is 1. The number of aromatic amines is 1. The summed E-state index contributed by atoms with van der Waals surface area (Å²) in [7, 11) is 0. The topological polar surface area (TPSA) is 27.8 Å². The Labute approximate surface area is 115 Å². The van der Waals surface area contributed by atoms with Crippen molar-refractivity contribution in [1.82, 2.24) is 4.98 Å². The Bertz CT molecular complexity index is 762. The van der Waals surface area contributed by atoms with Gasteiger partial charge in [-0.25, -0.2) is 8.78 Å². The summed E-state index contributed by atoms with van der Waals surface area (Å²) in [5.74, 6) is -1.11. The van der Waals surface area contributed by atoms with E-state index in [0.717, 1.165) is 16.5 Å². The maximum absolute atomic E-state index is 13.9. The van der Waals surface area contributed by atoms with Crippen LogP contribution < -0.4 is 5.32 Å². The Morgan fingerprint density at radius 1 is 1.10 bits per heavy atom. The van der Waals surface area contributed by atoms with Crippen LogP contribution in [0.2, 0.25) is 0 Å². The SMILES string of the molecule is Cc1ccc(F)c(NCc2c[nH]c3ccccc23)c1F. The molecule has 3 aromatic rings. The molecule has 0 saturated carbocycles. The van der Waals surface area contributed by atoms with Gasteiger partial charge in [0.2, 0.25) is 0 Å². The van der Waals surface area contributed by atoms with Crippen LogP contribution in [0.4, 0.5) is 14.5 Å². The molecule has 2 aromatic carbocycles. The van der Waals surface area contributed by atoms with Crippen molar-refractivity contribution < 1.29 is 8.78 Å². The van der Waals surface area contributed by atoms with Crippen LogP contribution in [0.5, 0.6) is 0 Å². The Morgan fingerprint density at radius 2 is 1.90 bits per heavy atom. The predicted molar refractivity (Wildman–Crippen MR) is 76.7 cm³/mol. The summed E-state index contributed by atoms with van der Waals surface area (Å²) >= 11 is 0. The summed E-state index contributed by atoms with van der Waals surface area (Å²) in [6, 6.07) is 10.5. The van der Waals surface area contributed by atoms with Crippen molar-refractivity contribution in [2.75, 3.05) is 5.32 Å². The molecule has 3 rings (SSSR count). The molecule has 0 fully saturated rings. The number of aryl methyl sites for hydroxylation is 1. The Kier molecular flexibility index (Phi) is 3.14. The first-order chi connectivity index (χ1) is 9.66. The molecule has 0 atom stereocenters. The summed E-state index contributed by atoms with van der Waals surface area (Å²) in [4.78, 5) is 3.14. The minimum atomic E-state index is -0.576. The molecule has 0 radical (unpaired) electrons. The number of aromatic nitrogens is 1. The summed E-state index contributed by atoms with van der Waals surface area (Å²) in [6.45, 7) is 1.98. The van der Waals surface area contributed by atoms with E-state index in [0.29, 0.717) is 12.1 Å². The third-order valence-electron chi connectivity index (χ3n) is 3.41. The number of halogens is 2. The number of benzene rings is 2. The van der Waals surface area contributed by atoms with Crippen molar-refractivity contribution in [3.05, 3.63) is 65.4 Å². The van der Waals surface area contributed by atoms with Crippen molar-refractivity contribution in [3.8, 4) is 0 Å². The molecule has 2 N–H and O–H groups in total. The lowest BCUT2D eigenvalue weighted by Gasteiger charge is -2.09. The zero-order valence-electron chi connectivity index (χ0n) is 11.0. The van der Waals surface area contributed by atoms with Gasteiger partial charge in [0, 0.05) is 23.6 Å². The number of rotatable bonds is 3. The van der Waals surface area contributed by atoms with Gasteiger partial charge in [0.1, 0.15) is 11.5 Å². The lowest BCUT2D eigenvalue weighted by molar-refractivity contribution is 0.582. The molecule has 0 spiro atoms. The highest BCUT2D eigenvalue weighted by Crippen LogP contribution is 2.24. The van der Waals surface area contributed by atoms with Crippen LogP contribution in [0.3, 0.4) is 0 Å². The zero-order chi connectivity index (χ0) is 14.1. The second-order valence-corrected chi connectivity index (χ2v) is 4.77. The highest BCUT2D eigenvalue weighted by molar-refractivity contribution is 5.83. The van der Waals surface area contributed by atoms with E-state index in [-0.39, 0.29) is 5.69 Å². The lowest BCUT2D eigenvalue weighted by Crippen LogP contribution is -2.04. The Balaban J connectivity index is 1.89. The minimum Gasteiger partial charge on any atom is -0.376 e. The van der Waals surface area contributed by atoms with Crippen molar-refractivity contribution in [2.24, 2.45) is 0 Å². The van der Waals surface area contributed by atoms with E-state index in [4.69, 9.17) is 0 Å². The molecule has 0 bridgehead atoms. The third kappa shape index (κ3) is 2.13. The van der Waals surface area contributed by atoms with Crippen LogP contribution in [-0.4, -0.2) is 4.98 Å². The molecule has 0 aliphatic rings. The average Bonchev–Trinajstić information content (AvgIpc) is 2.87. The fourth-order valence-corrected chi connectivity index (χ4v) is 2.28. The minimum absolute atomic E-state index is 0.0738. The number of nitrogens with one attached hydrogen (secondary N) is 2. The number of anilines is 1. The van der Waals surface area contributed by atoms with Crippen molar-refractivity contribution in [2.45, 2.75) is 13.5 Å². The van der Waals surface area contributed by atoms with Gasteiger partial charge in [-0.05, 0) is 30.2 Å². The van der Waals surface area contributed by atoms with Crippen LogP contribution >= 0.6 is 0 Å². The molecule has 2 nitrogen and oxygen atoms in total. The second kappa shape index (κ2) is 4.96. The fraction of sp³-hybridized carbons (Fsp3) is 0.125. The van der Waals surface area contributed by atoms with Crippen LogP contribution in [0.1, 0.15) is 11.1 Å². The number of H-pyrrole nitrogens is 1. The van der Waals surface area contributed by atoms with Gasteiger partial charge in [0.25, 0.3) is 0 Å². The Hall–Kier alpha value is -2.36. The highest BCUT2D eigenvalue weighted by Gasteiger charge is 2.11. The van der Waals surface area contributed by atoms with Crippen LogP contribution in [0.25, 0.3) is 10.9 Å². The first kappa shape index (κ1) is 12.7. The number of hydrogen-bond donors (Lipinski definition) is 2. The normalized spacial score (nSPS) is 10.9. The van der Waals surface area contributed by atoms with Gasteiger partial charge in [-0.1, -0.05) is 24.3 Å². The summed E-state index contributed by atoms with van der Waals surface area (Å²) in [5, 5.41) is 3.90. The van der Waals surface area contributed by atoms with Gasteiger partial charge in [0.15, 0.2) is 5.82 Å². The molecule has 102 valence electrons. The Morgan fingerprint density at radius 3 is 2.75 bits per heavy atom. The maximum atomic E-state index is 13.9. The largest absolute Gasteiger partial charge is 0.376 e. The van der Waals surface area contributed by atoms with E-state index in [9.17, 15) is 8.78 Å². The third-order valence-corrected chi connectivity index (χ3v) is 3.41. The number of para-hydroxylation sites is 1. The predicted octanol–water partition coefficient (Wildman–Crippen LogP) is 4.37. The lowest BCUT2D eigenvalue weighted by atomic mass is 10.1. The van der Waals surface area contributed by atoms with E-state index in [1.807, 2.05) is 30.5 Å². The van der Waals surface area contributed by atoms with Gasteiger partial charge < -0.3 is 10.3 Å².